The number of benzene rings is 1. The number of pyridine rings is 1. The van der Waals surface area contributed by atoms with E-state index in [0.717, 1.165) is 5.56 Å². The molecule has 7 nitrogen and oxygen atoms in total. The molecule has 0 bridgehead atoms. The lowest BCUT2D eigenvalue weighted by atomic mass is 9.81. The molecule has 38 heavy (non-hydrogen) atoms. The largest absolute Gasteiger partial charge is 0.491 e. The third-order valence-electron chi connectivity index (χ3n) is 7.11. The molecule has 200 valence electrons. The minimum Gasteiger partial charge on any atom is -0.491 e. The van der Waals surface area contributed by atoms with Gasteiger partial charge in [0.05, 0.1) is 24.5 Å². The predicted octanol–water partition coefficient (Wildman–Crippen LogP) is 5.53. The number of allylic oxidation sites excluding steroid dienone is 4. The minimum atomic E-state index is -4.26. The molecule has 2 aliphatic rings. The summed E-state index contributed by atoms with van der Waals surface area (Å²) in [5, 5.41) is 4.08. The molecule has 0 amide bonds. The first-order valence-electron chi connectivity index (χ1n) is 12.4. The number of rotatable bonds is 9. The van der Waals surface area contributed by atoms with Crippen LogP contribution in [0, 0.1) is 11.3 Å². The van der Waals surface area contributed by atoms with Gasteiger partial charge in [0.25, 0.3) is 5.56 Å². The molecule has 0 N–H and O–H groups in total. The summed E-state index contributed by atoms with van der Waals surface area (Å²) in [7, 11) is 1.60. The van der Waals surface area contributed by atoms with Crippen molar-refractivity contribution in [3.05, 3.63) is 88.2 Å². The SMILES string of the molecule is COCCOc1cccc(Cn2cc(-c3noc(C4C=CC(C5(C(F)(F)F)CC5)=CC4C)n3)ccc2=O)c1. The van der Waals surface area contributed by atoms with Crippen molar-refractivity contribution in [3.63, 3.8) is 0 Å². The highest BCUT2D eigenvalue weighted by atomic mass is 19.4. The first-order chi connectivity index (χ1) is 18.2. The zero-order chi connectivity index (χ0) is 26.9. The smallest absolute Gasteiger partial charge is 0.398 e. The third kappa shape index (κ3) is 5.18. The van der Waals surface area contributed by atoms with E-state index in [2.05, 4.69) is 10.1 Å². The van der Waals surface area contributed by atoms with Crippen molar-refractivity contribution in [2.75, 3.05) is 20.3 Å². The van der Waals surface area contributed by atoms with Crippen LogP contribution in [0.5, 0.6) is 5.75 Å². The van der Waals surface area contributed by atoms with Gasteiger partial charge in [0.2, 0.25) is 11.7 Å². The van der Waals surface area contributed by atoms with E-state index in [-0.39, 0.29) is 30.2 Å². The molecular weight excluding hydrogens is 499 g/mol. The van der Waals surface area contributed by atoms with Crippen molar-refractivity contribution < 1.29 is 27.2 Å². The molecule has 1 aromatic carbocycles. The minimum absolute atomic E-state index is 0.121. The van der Waals surface area contributed by atoms with Crippen molar-refractivity contribution in [1.82, 2.24) is 14.7 Å². The Balaban J connectivity index is 1.32. The van der Waals surface area contributed by atoms with Gasteiger partial charge in [-0.25, -0.2) is 0 Å². The molecule has 0 saturated heterocycles. The van der Waals surface area contributed by atoms with E-state index < -0.39 is 11.6 Å². The number of halogens is 3. The number of hydrogen-bond donors (Lipinski definition) is 0. The zero-order valence-electron chi connectivity index (χ0n) is 21.1. The maximum absolute atomic E-state index is 13.5. The third-order valence-corrected chi connectivity index (χ3v) is 7.11. The quantitative estimate of drug-likeness (QED) is 0.341. The molecule has 2 heterocycles. The predicted molar refractivity (Wildman–Crippen MR) is 134 cm³/mol. The van der Waals surface area contributed by atoms with Crippen LogP contribution in [-0.2, 0) is 11.3 Å². The van der Waals surface area contributed by atoms with Crippen LogP contribution in [0.4, 0.5) is 13.2 Å². The van der Waals surface area contributed by atoms with Crippen molar-refractivity contribution in [1.29, 1.82) is 0 Å². The summed E-state index contributed by atoms with van der Waals surface area (Å²) in [4.78, 5) is 17.1. The van der Waals surface area contributed by atoms with E-state index >= 15 is 0 Å². The molecule has 1 fully saturated rings. The molecule has 2 atom stereocenters. The molecule has 0 radical (unpaired) electrons. The summed E-state index contributed by atoms with van der Waals surface area (Å²) in [5.74, 6) is 0.719. The Morgan fingerprint density at radius 1 is 1.18 bits per heavy atom. The van der Waals surface area contributed by atoms with Crippen LogP contribution in [0.3, 0.4) is 0 Å². The molecule has 0 spiro atoms. The van der Waals surface area contributed by atoms with Gasteiger partial charge in [0.15, 0.2) is 0 Å². The Morgan fingerprint density at radius 2 is 2.00 bits per heavy atom. The maximum atomic E-state index is 13.5. The van der Waals surface area contributed by atoms with E-state index in [9.17, 15) is 18.0 Å². The zero-order valence-corrected chi connectivity index (χ0v) is 21.1. The lowest BCUT2D eigenvalue weighted by molar-refractivity contribution is -0.174. The fourth-order valence-electron chi connectivity index (χ4n) is 4.76. The maximum Gasteiger partial charge on any atom is 0.398 e. The number of hydrogen-bond acceptors (Lipinski definition) is 6. The van der Waals surface area contributed by atoms with E-state index in [1.165, 1.54) is 6.07 Å². The Bertz CT molecular complexity index is 1420. The first kappa shape index (κ1) is 26.0. The van der Waals surface area contributed by atoms with Crippen LogP contribution in [-0.4, -0.2) is 41.2 Å². The second kappa shape index (κ2) is 10.2. The fourth-order valence-corrected chi connectivity index (χ4v) is 4.76. The van der Waals surface area contributed by atoms with Gasteiger partial charge in [-0.05, 0) is 48.1 Å². The Morgan fingerprint density at radius 3 is 2.71 bits per heavy atom. The number of ether oxygens (including phenoxy) is 2. The second-order valence-electron chi connectivity index (χ2n) is 9.77. The monoisotopic (exact) mass is 527 g/mol. The molecular formula is C28H28F3N3O4. The van der Waals surface area contributed by atoms with Gasteiger partial charge >= 0.3 is 6.18 Å². The molecule has 0 aliphatic heterocycles. The van der Waals surface area contributed by atoms with Gasteiger partial charge in [0, 0.05) is 24.9 Å². The Labute approximate surface area is 217 Å². The summed E-state index contributed by atoms with van der Waals surface area (Å²) in [6.45, 7) is 3.05. The van der Waals surface area contributed by atoms with Crippen LogP contribution < -0.4 is 10.3 Å². The molecule has 1 saturated carbocycles. The van der Waals surface area contributed by atoms with Gasteiger partial charge in [-0.3, -0.25) is 4.79 Å². The van der Waals surface area contributed by atoms with E-state index in [0.29, 0.717) is 48.4 Å². The number of nitrogens with zero attached hydrogens (tertiary/aromatic N) is 3. The van der Waals surface area contributed by atoms with Gasteiger partial charge in [-0.2, -0.15) is 18.2 Å². The molecule has 10 heteroatoms. The lowest BCUT2D eigenvalue weighted by Gasteiger charge is -2.26. The van der Waals surface area contributed by atoms with Gasteiger partial charge in [-0.1, -0.05) is 42.4 Å². The topological polar surface area (TPSA) is 79.4 Å². The number of alkyl halides is 3. The van der Waals surface area contributed by atoms with Crippen LogP contribution >= 0.6 is 0 Å². The normalized spacial score (nSPS) is 20.3. The number of aromatic nitrogens is 3. The van der Waals surface area contributed by atoms with Crippen molar-refractivity contribution in [2.24, 2.45) is 11.3 Å². The van der Waals surface area contributed by atoms with Crippen molar-refractivity contribution in [2.45, 2.75) is 38.4 Å². The molecule has 3 aromatic rings. The Kier molecular flexibility index (Phi) is 7.00. The number of methoxy groups -OCH3 is 1. The van der Waals surface area contributed by atoms with E-state index in [1.54, 1.807) is 42.2 Å². The van der Waals surface area contributed by atoms with E-state index in [4.69, 9.17) is 14.0 Å². The summed E-state index contributed by atoms with van der Waals surface area (Å²) in [6, 6.07) is 10.5. The van der Waals surface area contributed by atoms with Crippen molar-refractivity contribution >= 4 is 0 Å². The fraction of sp³-hybridized carbons (Fsp3) is 0.393. The van der Waals surface area contributed by atoms with Gasteiger partial charge < -0.3 is 18.6 Å². The van der Waals surface area contributed by atoms with Crippen LogP contribution in [0.2, 0.25) is 0 Å². The highest BCUT2D eigenvalue weighted by Crippen LogP contribution is 2.63. The van der Waals surface area contributed by atoms with Crippen molar-refractivity contribution in [3.8, 4) is 17.1 Å². The van der Waals surface area contributed by atoms with Crippen LogP contribution in [0.1, 0.15) is 37.1 Å². The Hall–Kier alpha value is -3.66. The highest BCUT2D eigenvalue weighted by molar-refractivity contribution is 5.52. The second-order valence-corrected chi connectivity index (χ2v) is 9.77. The first-order valence-corrected chi connectivity index (χ1v) is 12.4. The molecule has 2 aliphatic carbocycles. The summed E-state index contributed by atoms with van der Waals surface area (Å²) in [5.41, 5.74) is -0.128. The van der Waals surface area contributed by atoms with Gasteiger partial charge in [0.1, 0.15) is 12.4 Å². The van der Waals surface area contributed by atoms with Gasteiger partial charge in [-0.15, -0.1) is 0 Å². The summed E-state index contributed by atoms with van der Waals surface area (Å²) < 4.78 is 58.4. The summed E-state index contributed by atoms with van der Waals surface area (Å²) in [6.07, 6.45) is 2.57. The average molecular weight is 528 g/mol. The average Bonchev–Trinajstić information content (AvgIpc) is 3.58. The molecule has 2 aromatic heterocycles. The van der Waals surface area contributed by atoms with Crippen LogP contribution in [0.25, 0.3) is 11.4 Å². The van der Waals surface area contributed by atoms with Crippen LogP contribution in [0.15, 0.2) is 75.7 Å². The van der Waals surface area contributed by atoms with E-state index in [1.807, 2.05) is 31.2 Å². The molecule has 5 rings (SSSR count). The highest BCUT2D eigenvalue weighted by Gasteiger charge is 2.64. The molecule has 2 unspecified atom stereocenters. The lowest BCUT2D eigenvalue weighted by Crippen LogP contribution is -2.27. The summed E-state index contributed by atoms with van der Waals surface area (Å²) >= 11 is 0. The standard InChI is InChI=1S/C28H28F3N3O4/c1-18-14-21(27(10-11-27)28(29,30)31)7-8-23(18)26-32-25(33-38-26)20-6-9-24(35)34(17-20)16-19-4-3-5-22(15-19)37-13-12-36-2/h3-9,14-15,17-18,23H,10-13,16H2,1-2H3.